The fourth-order valence-electron chi connectivity index (χ4n) is 0.625. The summed E-state index contributed by atoms with van der Waals surface area (Å²) < 4.78 is 24.2. The van der Waals surface area contributed by atoms with Gasteiger partial charge in [0.1, 0.15) is 0 Å². The standard InChI is InChI=1S/2C5H5N.ClH.H2O3S/c2*1-2-4-6-5-3-1;;1-4(2)3/h2*1-5H;1H;4H,(H,1,2,3). The van der Waals surface area contributed by atoms with Crippen molar-refractivity contribution in [3.05, 3.63) is 61.2 Å². The molecule has 0 saturated carbocycles. The van der Waals surface area contributed by atoms with E-state index in [2.05, 4.69) is 9.97 Å². The first-order valence-electron chi connectivity index (χ1n) is 4.26. The summed E-state index contributed by atoms with van der Waals surface area (Å²) in [6.07, 6.45) is 7.00. The van der Waals surface area contributed by atoms with Crippen molar-refractivity contribution in [3.63, 3.8) is 0 Å². The Bertz CT molecular complexity index is 319. The molecule has 0 aliphatic rings. The molecule has 0 spiro atoms. The number of aromatic nitrogens is 2. The maximum atomic E-state index is 8.59. The van der Waals surface area contributed by atoms with Gasteiger partial charge in [-0.3, -0.25) is 14.5 Å². The Balaban J connectivity index is 0. The van der Waals surface area contributed by atoms with Crippen molar-refractivity contribution >= 4 is 23.4 Å². The zero-order chi connectivity index (χ0) is 12.1. The topological polar surface area (TPSA) is 80.2 Å². The summed E-state index contributed by atoms with van der Waals surface area (Å²) in [6, 6.07) is 11.4. The summed E-state index contributed by atoms with van der Waals surface area (Å²) in [5, 5.41) is 0. The van der Waals surface area contributed by atoms with Crippen LogP contribution in [0.3, 0.4) is 0 Å². The molecule has 2 aromatic heterocycles. The lowest BCUT2D eigenvalue weighted by atomic mass is 10.5. The van der Waals surface area contributed by atoms with Gasteiger partial charge in [0.05, 0.1) is 0 Å². The Hall–Kier alpha value is -1.50. The number of hydrogen-bond donors (Lipinski definition) is 2. The molecule has 0 saturated heterocycles. The summed E-state index contributed by atoms with van der Waals surface area (Å²) in [5.41, 5.74) is 0. The SMILES string of the molecule is Cl.O=[SH](=O)O.c1ccncc1.c1ccncc1. The van der Waals surface area contributed by atoms with E-state index in [0.717, 1.165) is 0 Å². The van der Waals surface area contributed by atoms with E-state index in [1.165, 1.54) is 0 Å². The summed E-state index contributed by atoms with van der Waals surface area (Å²) in [7, 11) is -3.12. The molecule has 0 aliphatic carbocycles. The van der Waals surface area contributed by atoms with E-state index in [-0.39, 0.29) is 12.4 Å². The molecule has 0 unspecified atom stereocenters. The molecule has 5 nitrogen and oxygen atoms in total. The van der Waals surface area contributed by atoms with Crippen LogP contribution in [0.15, 0.2) is 61.2 Å². The monoisotopic (exact) mass is 276 g/mol. The van der Waals surface area contributed by atoms with Gasteiger partial charge in [-0.25, -0.2) is 8.42 Å². The number of rotatable bonds is 0. The van der Waals surface area contributed by atoms with Crippen LogP contribution in [0.4, 0.5) is 0 Å². The van der Waals surface area contributed by atoms with Crippen LogP contribution in [-0.4, -0.2) is 22.9 Å². The van der Waals surface area contributed by atoms with Crippen LogP contribution in [0.2, 0.25) is 0 Å². The number of nitrogens with zero attached hydrogens (tertiary/aromatic N) is 2. The minimum Gasteiger partial charge on any atom is -0.288 e. The van der Waals surface area contributed by atoms with E-state index in [4.69, 9.17) is 13.0 Å². The van der Waals surface area contributed by atoms with Crippen molar-refractivity contribution in [3.8, 4) is 0 Å². The van der Waals surface area contributed by atoms with Crippen molar-refractivity contribution in [1.29, 1.82) is 0 Å². The molecule has 1 N–H and O–H groups in total. The van der Waals surface area contributed by atoms with Crippen LogP contribution in [0.25, 0.3) is 0 Å². The average Bonchev–Trinajstić information content (AvgIpc) is 2.34. The van der Waals surface area contributed by atoms with E-state index < -0.39 is 11.0 Å². The Morgan fingerprint density at radius 3 is 1.00 bits per heavy atom. The molecule has 0 aliphatic heterocycles. The molecular weight excluding hydrogens is 264 g/mol. The van der Waals surface area contributed by atoms with Gasteiger partial charge in [-0.05, 0) is 24.3 Å². The normalized spacial score (nSPS) is 7.65. The van der Waals surface area contributed by atoms with E-state index in [1.54, 1.807) is 24.8 Å². The second-order valence-electron chi connectivity index (χ2n) is 2.29. The number of hydrogen-bond acceptors (Lipinski definition) is 4. The molecule has 7 heteroatoms. The maximum Gasteiger partial charge on any atom is 0.254 e. The zero-order valence-corrected chi connectivity index (χ0v) is 10.5. The van der Waals surface area contributed by atoms with Gasteiger partial charge in [0.2, 0.25) is 0 Å². The first-order valence-corrected chi connectivity index (χ1v) is 5.39. The Kier molecular flexibility index (Phi) is 15.3. The van der Waals surface area contributed by atoms with E-state index in [0.29, 0.717) is 0 Å². The maximum absolute atomic E-state index is 8.59. The van der Waals surface area contributed by atoms with Crippen molar-refractivity contribution in [2.75, 3.05) is 0 Å². The third kappa shape index (κ3) is 20.5. The van der Waals surface area contributed by atoms with Crippen molar-refractivity contribution < 1.29 is 13.0 Å². The van der Waals surface area contributed by atoms with Gasteiger partial charge in [0.25, 0.3) is 11.0 Å². The molecule has 0 amide bonds. The second-order valence-corrected chi connectivity index (χ2v) is 2.76. The molecule has 0 atom stereocenters. The van der Waals surface area contributed by atoms with Crippen molar-refractivity contribution in [1.82, 2.24) is 9.97 Å². The molecular formula is C10H13ClN2O3S. The molecule has 2 heterocycles. The van der Waals surface area contributed by atoms with Crippen LogP contribution in [0.1, 0.15) is 0 Å². The third-order valence-corrected chi connectivity index (χ3v) is 1.13. The summed E-state index contributed by atoms with van der Waals surface area (Å²) in [5.74, 6) is 0. The zero-order valence-electron chi connectivity index (χ0n) is 8.79. The Labute approximate surface area is 108 Å². The molecule has 2 aromatic rings. The average molecular weight is 277 g/mol. The lowest BCUT2D eigenvalue weighted by Crippen LogP contribution is -1.58. The van der Waals surface area contributed by atoms with Gasteiger partial charge in [0.15, 0.2) is 0 Å². The summed E-state index contributed by atoms with van der Waals surface area (Å²) in [6.45, 7) is 0. The van der Waals surface area contributed by atoms with Gasteiger partial charge < -0.3 is 0 Å². The highest BCUT2D eigenvalue weighted by Gasteiger charge is 1.59. The van der Waals surface area contributed by atoms with E-state index in [9.17, 15) is 0 Å². The fraction of sp³-hybridized carbons (Fsp3) is 0. The number of thiol groups is 1. The Morgan fingerprint density at radius 2 is 0.941 bits per heavy atom. The number of pyridine rings is 2. The molecule has 0 bridgehead atoms. The predicted molar refractivity (Wildman–Crippen MR) is 68.7 cm³/mol. The third-order valence-electron chi connectivity index (χ3n) is 1.13. The first kappa shape index (κ1) is 17.9. The lowest BCUT2D eigenvalue weighted by Gasteiger charge is -1.70. The van der Waals surface area contributed by atoms with Gasteiger partial charge in [-0.1, -0.05) is 12.1 Å². The van der Waals surface area contributed by atoms with Crippen molar-refractivity contribution in [2.24, 2.45) is 0 Å². The molecule has 0 radical (unpaired) electrons. The van der Waals surface area contributed by atoms with Crippen LogP contribution >= 0.6 is 12.4 Å². The Morgan fingerprint density at radius 1 is 0.706 bits per heavy atom. The summed E-state index contributed by atoms with van der Waals surface area (Å²) >= 11 is 0. The van der Waals surface area contributed by atoms with E-state index in [1.807, 2.05) is 36.4 Å². The minimum absolute atomic E-state index is 0. The summed E-state index contributed by atoms with van der Waals surface area (Å²) in [4.78, 5) is 7.57. The van der Waals surface area contributed by atoms with Crippen LogP contribution in [0.5, 0.6) is 0 Å². The van der Waals surface area contributed by atoms with Crippen molar-refractivity contribution in [2.45, 2.75) is 0 Å². The number of halogens is 1. The molecule has 94 valence electrons. The molecule has 17 heavy (non-hydrogen) atoms. The smallest absolute Gasteiger partial charge is 0.254 e. The van der Waals surface area contributed by atoms with Crippen LogP contribution in [-0.2, 0) is 11.0 Å². The molecule has 2 rings (SSSR count). The van der Waals surface area contributed by atoms with Crippen LogP contribution in [0, 0.1) is 0 Å². The largest absolute Gasteiger partial charge is 0.288 e. The fourth-order valence-corrected chi connectivity index (χ4v) is 0.625. The van der Waals surface area contributed by atoms with Gasteiger partial charge >= 0.3 is 0 Å². The first-order chi connectivity index (χ1) is 7.73. The second kappa shape index (κ2) is 14.5. The highest BCUT2D eigenvalue weighted by Crippen LogP contribution is 1.74. The van der Waals surface area contributed by atoms with E-state index >= 15 is 0 Å². The minimum atomic E-state index is -3.12. The lowest BCUT2D eigenvalue weighted by molar-refractivity contribution is 0.509. The predicted octanol–water partition coefficient (Wildman–Crippen LogP) is 1.66. The van der Waals surface area contributed by atoms with Gasteiger partial charge in [-0.2, -0.15) is 0 Å². The highest BCUT2D eigenvalue weighted by molar-refractivity contribution is 7.66. The highest BCUT2D eigenvalue weighted by atomic mass is 35.5. The van der Waals surface area contributed by atoms with Gasteiger partial charge in [-0.15, -0.1) is 12.4 Å². The molecule has 0 fully saturated rings. The van der Waals surface area contributed by atoms with Gasteiger partial charge in [0, 0.05) is 24.8 Å². The quantitative estimate of drug-likeness (QED) is 0.565. The molecule has 0 aromatic carbocycles. The van der Waals surface area contributed by atoms with Crippen LogP contribution < -0.4 is 0 Å².